The number of hydrogen-bond donors (Lipinski definition) is 0. The van der Waals surface area contributed by atoms with Crippen LogP contribution in [0, 0.1) is 0 Å². The maximum atomic E-state index is 12.1. The number of halogens is 9. The zero-order valence-electron chi connectivity index (χ0n) is 6.54. The Kier molecular flexibility index (Phi) is 4.26. The largest absolute Gasteiger partial charge is 0.374 e. The van der Waals surface area contributed by atoms with E-state index in [-0.39, 0.29) is 0 Å². The molecule has 1 nitrogen and oxygen atoms in total. The van der Waals surface area contributed by atoms with E-state index in [2.05, 4.69) is 4.74 Å². The Morgan fingerprint density at radius 2 is 1.13 bits per heavy atom. The van der Waals surface area contributed by atoms with Gasteiger partial charge < -0.3 is 0 Å². The van der Waals surface area contributed by atoms with E-state index in [0.717, 1.165) is 0 Å². The summed E-state index contributed by atoms with van der Waals surface area (Å²) >= 11 is 0. The van der Waals surface area contributed by atoms with Crippen molar-refractivity contribution in [1.82, 2.24) is 0 Å². The molecule has 0 N–H and O–H groups in total. The molecule has 0 saturated heterocycles. The van der Waals surface area contributed by atoms with Crippen LogP contribution in [0.25, 0.3) is 0 Å². The second kappa shape index (κ2) is 4.45. The molecule has 15 heavy (non-hydrogen) atoms. The summed E-state index contributed by atoms with van der Waals surface area (Å²) in [6.45, 7) is -4.13. The number of rotatable bonds is 5. The van der Waals surface area contributed by atoms with Crippen LogP contribution >= 0.6 is 0 Å². The summed E-state index contributed by atoms with van der Waals surface area (Å²) < 4.78 is 108. The zero-order valence-corrected chi connectivity index (χ0v) is 6.54. The van der Waals surface area contributed by atoms with Gasteiger partial charge in [-0.3, -0.25) is 4.74 Å². The highest BCUT2D eigenvalue weighted by Crippen LogP contribution is 2.43. The molecule has 0 aromatic rings. The van der Waals surface area contributed by atoms with Crippen LogP contribution < -0.4 is 0 Å². The number of alkyl halides is 9. The molecule has 0 saturated carbocycles. The minimum absolute atomic E-state index is 2.39. The fraction of sp³-hybridized carbons (Fsp3) is 1.00. The van der Waals surface area contributed by atoms with E-state index in [1.807, 2.05) is 0 Å². The van der Waals surface area contributed by atoms with Gasteiger partial charge >= 0.3 is 24.9 Å². The summed E-state index contributed by atoms with van der Waals surface area (Å²) in [6, 6.07) is 0. The first kappa shape index (κ1) is 14.3. The predicted octanol–water partition coefficient (Wildman–Crippen LogP) is 3.06. The highest BCUT2D eigenvalue weighted by atomic mass is 19.3. The Hall–Kier alpha value is -0.670. The van der Waals surface area contributed by atoms with Gasteiger partial charge in [-0.05, 0) is 0 Å². The molecule has 0 aliphatic heterocycles. The lowest BCUT2D eigenvalue weighted by Gasteiger charge is -2.27. The standard InChI is InChI=1S/C5H3F9O/c6-1(7)4(11,12)5(13,14)2(8)15-3(9)10/h1-3H. The van der Waals surface area contributed by atoms with Crippen molar-refractivity contribution >= 4 is 0 Å². The first-order valence-corrected chi connectivity index (χ1v) is 3.15. The topological polar surface area (TPSA) is 9.23 Å². The van der Waals surface area contributed by atoms with Crippen molar-refractivity contribution < 1.29 is 44.3 Å². The summed E-state index contributed by atoms with van der Waals surface area (Å²) in [5, 5.41) is 0. The monoisotopic (exact) mass is 250 g/mol. The molecule has 0 aliphatic carbocycles. The molecular weight excluding hydrogens is 247 g/mol. The summed E-state index contributed by atoms with van der Waals surface area (Å²) in [5.74, 6) is -12.1. The van der Waals surface area contributed by atoms with E-state index >= 15 is 0 Å². The van der Waals surface area contributed by atoms with Crippen LogP contribution in [0.5, 0.6) is 0 Å². The minimum Gasteiger partial charge on any atom is -0.282 e. The van der Waals surface area contributed by atoms with E-state index in [0.29, 0.717) is 0 Å². The first-order chi connectivity index (χ1) is 6.53. The van der Waals surface area contributed by atoms with Gasteiger partial charge in [0.25, 0.3) is 6.36 Å². The van der Waals surface area contributed by atoms with Gasteiger partial charge in [0, 0.05) is 0 Å². The minimum atomic E-state index is -6.10. The van der Waals surface area contributed by atoms with Crippen molar-refractivity contribution in [3.63, 3.8) is 0 Å². The van der Waals surface area contributed by atoms with Crippen LogP contribution in [0.3, 0.4) is 0 Å². The Balaban J connectivity index is 4.79. The zero-order chi connectivity index (χ0) is 12.4. The van der Waals surface area contributed by atoms with Crippen molar-refractivity contribution in [2.75, 3.05) is 0 Å². The van der Waals surface area contributed by atoms with Gasteiger partial charge in [0.15, 0.2) is 0 Å². The molecule has 10 heteroatoms. The van der Waals surface area contributed by atoms with E-state index in [1.165, 1.54) is 0 Å². The average Bonchev–Trinajstić information content (AvgIpc) is 2.01. The Bertz CT molecular complexity index is 203. The molecule has 0 fully saturated rings. The smallest absolute Gasteiger partial charge is 0.282 e. The Labute approximate surface area is 76.8 Å². The summed E-state index contributed by atoms with van der Waals surface area (Å²) in [6.07, 6.45) is -9.44. The molecule has 1 atom stereocenters. The van der Waals surface area contributed by atoms with E-state index in [1.54, 1.807) is 0 Å². The van der Waals surface area contributed by atoms with Gasteiger partial charge in [0.05, 0.1) is 0 Å². The average molecular weight is 250 g/mol. The van der Waals surface area contributed by atoms with E-state index in [4.69, 9.17) is 0 Å². The van der Waals surface area contributed by atoms with E-state index < -0.39 is 31.2 Å². The number of ether oxygens (including phenoxy) is 1. The fourth-order valence-corrected chi connectivity index (χ4v) is 0.473. The third-order valence-electron chi connectivity index (χ3n) is 1.23. The van der Waals surface area contributed by atoms with Crippen LogP contribution in [0.1, 0.15) is 0 Å². The summed E-state index contributed by atoms with van der Waals surface area (Å²) in [7, 11) is 0. The van der Waals surface area contributed by atoms with Crippen LogP contribution in [0.2, 0.25) is 0 Å². The lowest BCUT2D eigenvalue weighted by atomic mass is 10.2. The first-order valence-electron chi connectivity index (χ1n) is 3.15. The van der Waals surface area contributed by atoms with Crippen LogP contribution in [0.15, 0.2) is 0 Å². The third kappa shape index (κ3) is 2.89. The van der Waals surface area contributed by atoms with Gasteiger partial charge in [-0.25, -0.2) is 13.2 Å². The highest BCUT2D eigenvalue weighted by Gasteiger charge is 2.68. The molecule has 0 radical (unpaired) electrons. The lowest BCUT2D eigenvalue weighted by Crippen LogP contribution is -2.53. The molecule has 1 unspecified atom stereocenters. The lowest BCUT2D eigenvalue weighted by molar-refractivity contribution is -0.349. The number of hydrogen-bond acceptors (Lipinski definition) is 1. The van der Waals surface area contributed by atoms with Gasteiger partial charge in [0.1, 0.15) is 0 Å². The van der Waals surface area contributed by atoms with E-state index in [9.17, 15) is 39.5 Å². The summed E-state index contributed by atoms with van der Waals surface area (Å²) in [5.41, 5.74) is 0. The molecule has 0 aromatic heterocycles. The molecule has 0 bridgehead atoms. The molecule has 0 rings (SSSR count). The third-order valence-corrected chi connectivity index (χ3v) is 1.23. The quantitative estimate of drug-likeness (QED) is 0.681. The maximum Gasteiger partial charge on any atom is 0.374 e. The highest BCUT2D eigenvalue weighted by molar-refractivity contribution is 4.89. The van der Waals surface area contributed by atoms with Crippen molar-refractivity contribution in [1.29, 1.82) is 0 Å². The molecule has 0 aliphatic rings. The molecule has 0 aromatic carbocycles. The molecule has 92 valence electrons. The predicted molar refractivity (Wildman–Crippen MR) is 27.9 cm³/mol. The van der Waals surface area contributed by atoms with Crippen LogP contribution in [-0.4, -0.2) is 31.2 Å². The SMILES string of the molecule is FC(F)OC(F)C(F)(F)C(F)(F)C(F)F. The second-order valence-electron chi connectivity index (χ2n) is 2.26. The van der Waals surface area contributed by atoms with Gasteiger partial charge in [-0.1, -0.05) is 0 Å². The fourth-order valence-electron chi connectivity index (χ4n) is 0.473. The van der Waals surface area contributed by atoms with Gasteiger partial charge in [-0.2, -0.15) is 26.3 Å². The van der Waals surface area contributed by atoms with Crippen LogP contribution in [0.4, 0.5) is 39.5 Å². The van der Waals surface area contributed by atoms with Crippen molar-refractivity contribution in [2.45, 2.75) is 31.2 Å². The van der Waals surface area contributed by atoms with Crippen LogP contribution in [-0.2, 0) is 4.74 Å². The summed E-state index contributed by atoms with van der Waals surface area (Å²) in [4.78, 5) is 0. The van der Waals surface area contributed by atoms with Gasteiger partial charge in [0.2, 0.25) is 0 Å². The van der Waals surface area contributed by atoms with Gasteiger partial charge in [-0.15, -0.1) is 0 Å². The van der Waals surface area contributed by atoms with Crippen molar-refractivity contribution in [3.8, 4) is 0 Å². The second-order valence-corrected chi connectivity index (χ2v) is 2.26. The van der Waals surface area contributed by atoms with Crippen molar-refractivity contribution in [3.05, 3.63) is 0 Å². The normalized spacial score (nSPS) is 16.2. The molecular formula is C5H3F9O. The molecule has 0 heterocycles. The molecule has 0 amide bonds. The molecule has 0 spiro atoms. The maximum absolute atomic E-state index is 12.1. The Morgan fingerprint density at radius 1 is 0.733 bits per heavy atom. The van der Waals surface area contributed by atoms with Crippen molar-refractivity contribution in [2.24, 2.45) is 0 Å². The Morgan fingerprint density at radius 3 is 1.40 bits per heavy atom.